The second-order valence-electron chi connectivity index (χ2n) is 3.61. The molecule has 0 aliphatic carbocycles. The lowest BCUT2D eigenvalue weighted by atomic mass is 10.1. The van der Waals surface area contributed by atoms with Crippen molar-refractivity contribution in [1.82, 2.24) is 0 Å². The van der Waals surface area contributed by atoms with Crippen LogP contribution in [0.15, 0.2) is 18.2 Å². The SMILES string of the molecule is Cc1ccc(C(=O)O)cc1NC(=O)[C@@H](C)N. The summed E-state index contributed by atoms with van der Waals surface area (Å²) in [5.41, 5.74) is 6.80. The summed E-state index contributed by atoms with van der Waals surface area (Å²) in [5, 5.41) is 11.4. The van der Waals surface area contributed by atoms with Crippen LogP contribution in [0, 0.1) is 6.92 Å². The van der Waals surface area contributed by atoms with E-state index in [1.165, 1.54) is 12.1 Å². The van der Waals surface area contributed by atoms with E-state index in [1.807, 2.05) is 0 Å². The summed E-state index contributed by atoms with van der Waals surface area (Å²) in [4.78, 5) is 22.1. The van der Waals surface area contributed by atoms with Gasteiger partial charge in [-0.25, -0.2) is 4.79 Å². The van der Waals surface area contributed by atoms with Gasteiger partial charge < -0.3 is 16.2 Å². The van der Waals surface area contributed by atoms with E-state index in [-0.39, 0.29) is 11.5 Å². The Morgan fingerprint density at radius 1 is 1.44 bits per heavy atom. The minimum absolute atomic E-state index is 0.130. The third-order valence-electron chi connectivity index (χ3n) is 2.16. The van der Waals surface area contributed by atoms with Crippen molar-refractivity contribution in [3.05, 3.63) is 29.3 Å². The molecule has 0 unspecified atom stereocenters. The smallest absolute Gasteiger partial charge is 0.335 e. The molecule has 1 aromatic carbocycles. The van der Waals surface area contributed by atoms with Crippen LogP contribution in [-0.2, 0) is 4.79 Å². The molecule has 0 heterocycles. The Labute approximate surface area is 93.3 Å². The number of carbonyl (C=O) groups excluding carboxylic acids is 1. The van der Waals surface area contributed by atoms with E-state index < -0.39 is 12.0 Å². The molecule has 1 amide bonds. The fraction of sp³-hybridized carbons (Fsp3) is 0.273. The maximum atomic E-state index is 11.4. The van der Waals surface area contributed by atoms with Crippen LogP contribution in [-0.4, -0.2) is 23.0 Å². The fourth-order valence-electron chi connectivity index (χ4n) is 1.14. The summed E-state index contributed by atoms with van der Waals surface area (Å²) in [7, 11) is 0. The number of aryl methyl sites for hydroxylation is 1. The number of carboxylic acid groups (broad SMARTS) is 1. The average Bonchev–Trinajstić information content (AvgIpc) is 2.20. The highest BCUT2D eigenvalue weighted by Crippen LogP contribution is 2.17. The zero-order valence-electron chi connectivity index (χ0n) is 9.15. The minimum atomic E-state index is -1.03. The molecule has 5 heteroatoms. The van der Waals surface area contributed by atoms with E-state index >= 15 is 0 Å². The lowest BCUT2D eigenvalue weighted by Gasteiger charge is -2.10. The number of anilines is 1. The minimum Gasteiger partial charge on any atom is -0.478 e. The van der Waals surface area contributed by atoms with Gasteiger partial charge in [-0.3, -0.25) is 4.79 Å². The fourth-order valence-corrected chi connectivity index (χ4v) is 1.14. The van der Waals surface area contributed by atoms with Crippen LogP contribution >= 0.6 is 0 Å². The van der Waals surface area contributed by atoms with Gasteiger partial charge in [-0.05, 0) is 31.5 Å². The number of benzene rings is 1. The van der Waals surface area contributed by atoms with Crippen LogP contribution in [0.5, 0.6) is 0 Å². The molecule has 0 fully saturated rings. The van der Waals surface area contributed by atoms with Gasteiger partial charge in [0.1, 0.15) is 0 Å². The van der Waals surface area contributed by atoms with Crippen molar-refractivity contribution in [3.63, 3.8) is 0 Å². The van der Waals surface area contributed by atoms with Crippen LogP contribution < -0.4 is 11.1 Å². The quantitative estimate of drug-likeness (QED) is 0.710. The van der Waals surface area contributed by atoms with E-state index in [0.29, 0.717) is 5.69 Å². The predicted molar refractivity (Wildman–Crippen MR) is 60.4 cm³/mol. The van der Waals surface area contributed by atoms with Crippen LogP contribution in [0.2, 0.25) is 0 Å². The van der Waals surface area contributed by atoms with Crippen LogP contribution in [0.25, 0.3) is 0 Å². The number of aromatic carboxylic acids is 1. The van der Waals surface area contributed by atoms with E-state index in [4.69, 9.17) is 10.8 Å². The summed E-state index contributed by atoms with van der Waals surface area (Å²) in [6, 6.07) is 3.91. The molecule has 0 spiro atoms. The Balaban J connectivity index is 2.99. The number of carbonyl (C=O) groups is 2. The standard InChI is InChI=1S/C11H14N2O3/c1-6-3-4-8(11(15)16)5-9(6)13-10(14)7(2)12/h3-5,7H,12H2,1-2H3,(H,13,14)(H,15,16)/t7-/m1/s1. The molecule has 1 aromatic rings. The number of amides is 1. The van der Waals surface area contributed by atoms with Gasteiger partial charge in [0, 0.05) is 5.69 Å². The van der Waals surface area contributed by atoms with Gasteiger partial charge in [0.25, 0.3) is 0 Å². The molecule has 0 saturated heterocycles. The third kappa shape index (κ3) is 2.80. The first-order valence-electron chi connectivity index (χ1n) is 4.82. The molecule has 0 saturated carbocycles. The van der Waals surface area contributed by atoms with Crippen molar-refractivity contribution >= 4 is 17.6 Å². The predicted octanol–water partition coefficient (Wildman–Crippen LogP) is 0.979. The Kier molecular flexibility index (Phi) is 3.63. The van der Waals surface area contributed by atoms with Crippen molar-refractivity contribution < 1.29 is 14.7 Å². The highest BCUT2D eigenvalue weighted by Gasteiger charge is 2.11. The Hall–Kier alpha value is -1.88. The van der Waals surface area contributed by atoms with E-state index in [0.717, 1.165) is 5.56 Å². The van der Waals surface area contributed by atoms with Gasteiger partial charge in [-0.2, -0.15) is 0 Å². The van der Waals surface area contributed by atoms with Gasteiger partial charge in [0.15, 0.2) is 0 Å². The molecule has 1 rings (SSSR count). The lowest BCUT2D eigenvalue weighted by Crippen LogP contribution is -2.32. The Bertz CT molecular complexity index is 427. The van der Waals surface area contributed by atoms with Crippen LogP contribution in [0.1, 0.15) is 22.8 Å². The normalized spacial score (nSPS) is 11.9. The maximum Gasteiger partial charge on any atom is 0.335 e. The molecule has 86 valence electrons. The summed E-state index contributed by atoms with van der Waals surface area (Å²) in [6.45, 7) is 3.34. The second kappa shape index (κ2) is 4.76. The summed E-state index contributed by atoms with van der Waals surface area (Å²) < 4.78 is 0. The molecule has 0 aromatic heterocycles. The summed E-state index contributed by atoms with van der Waals surface area (Å²) in [6.07, 6.45) is 0. The monoisotopic (exact) mass is 222 g/mol. The van der Waals surface area contributed by atoms with Crippen molar-refractivity contribution in [3.8, 4) is 0 Å². The second-order valence-corrected chi connectivity index (χ2v) is 3.61. The zero-order valence-corrected chi connectivity index (χ0v) is 9.15. The van der Waals surface area contributed by atoms with Crippen LogP contribution in [0.3, 0.4) is 0 Å². The molecule has 0 aliphatic rings. The third-order valence-corrected chi connectivity index (χ3v) is 2.16. The number of hydrogen-bond acceptors (Lipinski definition) is 3. The lowest BCUT2D eigenvalue weighted by molar-refractivity contribution is -0.117. The molecule has 0 bridgehead atoms. The highest BCUT2D eigenvalue weighted by atomic mass is 16.4. The number of rotatable bonds is 3. The average molecular weight is 222 g/mol. The van der Waals surface area contributed by atoms with Crippen molar-refractivity contribution in [2.75, 3.05) is 5.32 Å². The largest absolute Gasteiger partial charge is 0.478 e. The molecule has 5 nitrogen and oxygen atoms in total. The van der Waals surface area contributed by atoms with Gasteiger partial charge in [-0.1, -0.05) is 6.07 Å². The number of nitrogens with one attached hydrogen (secondary N) is 1. The van der Waals surface area contributed by atoms with Gasteiger partial charge in [-0.15, -0.1) is 0 Å². The number of nitrogens with two attached hydrogens (primary N) is 1. The van der Waals surface area contributed by atoms with Gasteiger partial charge in [0.05, 0.1) is 11.6 Å². The number of carboxylic acids is 1. The first-order chi connectivity index (χ1) is 7.41. The topological polar surface area (TPSA) is 92.4 Å². The Morgan fingerprint density at radius 2 is 2.06 bits per heavy atom. The summed E-state index contributed by atoms with van der Waals surface area (Å²) >= 11 is 0. The number of hydrogen-bond donors (Lipinski definition) is 3. The highest BCUT2D eigenvalue weighted by molar-refractivity contribution is 5.97. The molecular formula is C11H14N2O3. The summed E-state index contributed by atoms with van der Waals surface area (Å²) in [5.74, 6) is -1.37. The van der Waals surface area contributed by atoms with E-state index in [1.54, 1.807) is 19.9 Å². The Morgan fingerprint density at radius 3 is 2.56 bits per heavy atom. The maximum absolute atomic E-state index is 11.4. The van der Waals surface area contributed by atoms with Gasteiger partial charge in [0.2, 0.25) is 5.91 Å². The first-order valence-corrected chi connectivity index (χ1v) is 4.82. The molecular weight excluding hydrogens is 208 g/mol. The molecule has 1 atom stereocenters. The van der Waals surface area contributed by atoms with Crippen molar-refractivity contribution in [2.24, 2.45) is 5.73 Å². The molecule has 16 heavy (non-hydrogen) atoms. The van der Waals surface area contributed by atoms with E-state index in [2.05, 4.69) is 5.32 Å². The van der Waals surface area contributed by atoms with Crippen molar-refractivity contribution in [1.29, 1.82) is 0 Å². The van der Waals surface area contributed by atoms with E-state index in [9.17, 15) is 9.59 Å². The molecule has 4 N–H and O–H groups in total. The molecule has 0 aliphatic heterocycles. The first kappa shape index (κ1) is 12.2. The zero-order chi connectivity index (χ0) is 12.3. The van der Waals surface area contributed by atoms with Gasteiger partial charge >= 0.3 is 5.97 Å². The van der Waals surface area contributed by atoms with Crippen LogP contribution in [0.4, 0.5) is 5.69 Å². The molecule has 0 radical (unpaired) electrons. The van der Waals surface area contributed by atoms with Crippen molar-refractivity contribution in [2.45, 2.75) is 19.9 Å².